The molecular formula is C17H28N4O2. The van der Waals surface area contributed by atoms with Crippen molar-refractivity contribution >= 4 is 11.8 Å². The van der Waals surface area contributed by atoms with E-state index in [0.29, 0.717) is 13.0 Å². The summed E-state index contributed by atoms with van der Waals surface area (Å²) in [6.07, 6.45) is 5.55. The molecule has 2 amide bonds. The second-order valence-electron chi connectivity index (χ2n) is 6.41. The lowest BCUT2D eigenvalue weighted by atomic mass is 9.95. The summed E-state index contributed by atoms with van der Waals surface area (Å²) < 4.78 is 0. The van der Waals surface area contributed by atoms with Crippen LogP contribution in [0.2, 0.25) is 0 Å². The van der Waals surface area contributed by atoms with Crippen LogP contribution in [-0.2, 0) is 6.54 Å². The van der Waals surface area contributed by atoms with Gasteiger partial charge in [0.1, 0.15) is 5.82 Å². The molecule has 0 bridgehead atoms. The van der Waals surface area contributed by atoms with Gasteiger partial charge in [-0.1, -0.05) is 6.92 Å². The number of urea groups is 1. The first-order chi connectivity index (χ1) is 11.1. The fourth-order valence-electron chi connectivity index (χ4n) is 2.76. The average Bonchev–Trinajstić information content (AvgIpc) is 3.08. The first-order valence-corrected chi connectivity index (χ1v) is 8.43. The minimum absolute atomic E-state index is 0.0637. The van der Waals surface area contributed by atoms with Gasteiger partial charge in [0.25, 0.3) is 0 Å². The molecule has 0 spiro atoms. The van der Waals surface area contributed by atoms with E-state index in [4.69, 9.17) is 5.11 Å². The molecule has 23 heavy (non-hydrogen) atoms. The highest BCUT2D eigenvalue weighted by Gasteiger charge is 2.23. The van der Waals surface area contributed by atoms with Crippen LogP contribution in [0.5, 0.6) is 0 Å². The number of hydrogen-bond donors (Lipinski definition) is 3. The first-order valence-electron chi connectivity index (χ1n) is 8.43. The number of pyridine rings is 1. The van der Waals surface area contributed by atoms with E-state index in [2.05, 4.69) is 20.5 Å². The largest absolute Gasteiger partial charge is 0.396 e. The van der Waals surface area contributed by atoms with Crippen LogP contribution in [0.4, 0.5) is 10.6 Å². The van der Waals surface area contributed by atoms with Crippen LogP contribution >= 0.6 is 0 Å². The van der Waals surface area contributed by atoms with Crippen LogP contribution < -0.4 is 15.5 Å². The summed E-state index contributed by atoms with van der Waals surface area (Å²) >= 11 is 0. The lowest BCUT2D eigenvalue weighted by molar-refractivity contribution is 0.200. The molecule has 1 aliphatic rings. The molecule has 0 aromatic carbocycles. The van der Waals surface area contributed by atoms with E-state index in [1.54, 1.807) is 6.20 Å². The van der Waals surface area contributed by atoms with Gasteiger partial charge in [0.15, 0.2) is 0 Å². The molecule has 6 heteroatoms. The van der Waals surface area contributed by atoms with E-state index in [0.717, 1.165) is 30.9 Å². The number of aliphatic hydroxyl groups is 1. The zero-order chi connectivity index (χ0) is 16.7. The number of aromatic nitrogens is 1. The van der Waals surface area contributed by atoms with Gasteiger partial charge in [-0.25, -0.2) is 9.78 Å². The minimum Gasteiger partial charge on any atom is -0.396 e. The van der Waals surface area contributed by atoms with Crippen LogP contribution in [0.15, 0.2) is 18.3 Å². The summed E-state index contributed by atoms with van der Waals surface area (Å²) in [7, 11) is 0. The van der Waals surface area contributed by atoms with Crippen molar-refractivity contribution in [3.8, 4) is 0 Å². The fourth-order valence-corrected chi connectivity index (χ4v) is 2.76. The summed E-state index contributed by atoms with van der Waals surface area (Å²) in [6.45, 7) is 6.59. The molecule has 1 saturated heterocycles. The Kier molecular flexibility index (Phi) is 6.21. The number of carbonyl (C=O) groups excluding carboxylic acids is 1. The molecule has 1 atom stereocenters. The third-order valence-electron chi connectivity index (χ3n) is 4.55. The van der Waals surface area contributed by atoms with Crippen molar-refractivity contribution in [2.45, 2.75) is 51.6 Å². The number of hydrogen-bond acceptors (Lipinski definition) is 4. The van der Waals surface area contributed by atoms with E-state index in [-0.39, 0.29) is 18.2 Å². The van der Waals surface area contributed by atoms with Crippen molar-refractivity contribution in [2.75, 3.05) is 24.6 Å². The van der Waals surface area contributed by atoms with Crippen LogP contribution in [-0.4, -0.2) is 41.4 Å². The highest BCUT2D eigenvalue weighted by atomic mass is 16.3. The maximum Gasteiger partial charge on any atom is 0.315 e. The van der Waals surface area contributed by atoms with E-state index >= 15 is 0 Å². The topological polar surface area (TPSA) is 77.5 Å². The number of amides is 2. The highest BCUT2D eigenvalue weighted by Crippen LogP contribution is 2.18. The minimum atomic E-state index is -0.377. The molecule has 0 radical (unpaired) electrons. The number of rotatable bonds is 7. The second-order valence-corrected chi connectivity index (χ2v) is 6.41. The fraction of sp³-hybridized carbons (Fsp3) is 0.647. The number of nitrogens with one attached hydrogen (secondary N) is 2. The van der Waals surface area contributed by atoms with Crippen molar-refractivity contribution < 1.29 is 9.90 Å². The summed E-state index contributed by atoms with van der Waals surface area (Å²) in [5.41, 5.74) is 0.662. The third kappa shape index (κ3) is 5.10. The molecule has 1 fully saturated rings. The van der Waals surface area contributed by atoms with Crippen LogP contribution in [0, 0.1) is 0 Å². The molecule has 0 saturated carbocycles. The summed E-state index contributed by atoms with van der Waals surface area (Å²) in [6, 6.07) is 3.76. The Morgan fingerprint density at radius 1 is 1.43 bits per heavy atom. The zero-order valence-corrected chi connectivity index (χ0v) is 14.1. The van der Waals surface area contributed by atoms with Crippen LogP contribution in [0.25, 0.3) is 0 Å². The van der Waals surface area contributed by atoms with Gasteiger partial charge < -0.3 is 20.6 Å². The van der Waals surface area contributed by atoms with Crippen molar-refractivity contribution in [3.63, 3.8) is 0 Å². The maximum absolute atomic E-state index is 12.1. The predicted octanol–water partition coefficient (Wildman–Crippen LogP) is 2.03. The quantitative estimate of drug-likeness (QED) is 0.718. The number of carbonyl (C=O) groups is 1. The van der Waals surface area contributed by atoms with Crippen molar-refractivity contribution in [3.05, 3.63) is 23.9 Å². The van der Waals surface area contributed by atoms with E-state index in [1.165, 1.54) is 12.8 Å². The standard InChI is InChI=1S/C17H28N4O2/c1-3-17(2,7-11-22)20-16(23)19-13-14-6-8-18-15(12-14)21-9-4-5-10-21/h6,8,12,22H,3-5,7,9-11,13H2,1-2H3,(H2,19,20,23). The highest BCUT2D eigenvalue weighted by molar-refractivity contribution is 5.74. The Bertz CT molecular complexity index is 517. The van der Waals surface area contributed by atoms with Gasteiger partial charge in [0.2, 0.25) is 0 Å². The molecule has 1 aliphatic heterocycles. The zero-order valence-electron chi connectivity index (χ0n) is 14.1. The van der Waals surface area contributed by atoms with Gasteiger partial charge in [-0.3, -0.25) is 0 Å². The average molecular weight is 320 g/mol. The van der Waals surface area contributed by atoms with E-state index in [1.807, 2.05) is 26.0 Å². The van der Waals surface area contributed by atoms with Crippen molar-refractivity contribution in [2.24, 2.45) is 0 Å². The third-order valence-corrected chi connectivity index (χ3v) is 4.55. The predicted molar refractivity (Wildman–Crippen MR) is 91.5 cm³/mol. The Labute approximate surface area is 138 Å². The molecule has 1 aromatic heterocycles. The monoisotopic (exact) mass is 320 g/mol. The Morgan fingerprint density at radius 2 is 2.17 bits per heavy atom. The summed E-state index contributed by atoms with van der Waals surface area (Å²) in [5.74, 6) is 0.987. The molecule has 2 rings (SSSR count). The van der Waals surface area contributed by atoms with Gasteiger partial charge >= 0.3 is 6.03 Å². The Balaban J connectivity index is 1.87. The van der Waals surface area contributed by atoms with E-state index in [9.17, 15) is 4.79 Å². The van der Waals surface area contributed by atoms with Gasteiger partial charge in [-0.2, -0.15) is 0 Å². The molecule has 6 nitrogen and oxygen atoms in total. The molecule has 0 aliphatic carbocycles. The van der Waals surface area contributed by atoms with Crippen molar-refractivity contribution in [1.82, 2.24) is 15.6 Å². The maximum atomic E-state index is 12.1. The second kappa shape index (κ2) is 8.15. The van der Waals surface area contributed by atoms with E-state index < -0.39 is 0 Å². The number of aliphatic hydroxyl groups excluding tert-OH is 1. The Hall–Kier alpha value is -1.82. The number of anilines is 1. The van der Waals surface area contributed by atoms with Gasteiger partial charge in [0.05, 0.1) is 0 Å². The normalized spacial score (nSPS) is 16.9. The van der Waals surface area contributed by atoms with Crippen molar-refractivity contribution in [1.29, 1.82) is 0 Å². The molecular weight excluding hydrogens is 292 g/mol. The Morgan fingerprint density at radius 3 is 2.83 bits per heavy atom. The lowest BCUT2D eigenvalue weighted by Gasteiger charge is -2.29. The molecule has 3 N–H and O–H groups in total. The first kappa shape index (κ1) is 17.5. The molecule has 128 valence electrons. The van der Waals surface area contributed by atoms with Crippen LogP contribution in [0.3, 0.4) is 0 Å². The molecule has 1 aromatic rings. The van der Waals surface area contributed by atoms with Crippen LogP contribution in [0.1, 0.15) is 45.1 Å². The SMILES string of the molecule is CCC(C)(CCO)NC(=O)NCc1ccnc(N2CCCC2)c1. The summed E-state index contributed by atoms with van der Waals surface area (Å²) in [5, 5.41) is 14.9. The molecule has 2 heterocycles. The van der Waals surface area contributed by atoms with Gasteiger partial charge in [0, 0.05) is 38.0 Å². The number of nitrogens with zero attached hydrogens (tertiary/aromatic N) is 2. The smallest absolute Gasteiger partial charge is 0.315 e. The van der Waals surface area contributed by atoms with Gasteiger partial charge in [-0.05, 0) is 50.3 Å². The summed E-state index contributed by atoms with van der Waals surface area (Å²) in [4.78, 5) is 18.8. The van der Waals surface area contributed by atoms with Gasteiger partial charge in [-0.15, -0.1) is 0 Å². The lowest BCUT2D eigenvalue weighted by Crippen LogP contribution is -2.50. The molecule has 1 unspecified atom stereocenters.